The van der Waals surface area contributed by atoms with Crippen molar-refractivity contribution in [2.75, 3.05) is 65.4 Å². The van der Waals surface area contributed by atoms with Crippen molar-refractivity contribution in [2.24, 2.45) is 0 Å². The van der Waals surface area contributed by atoms with Crippen molar-refractivity contribution in [1.29, 1.82) is 0 Å². The molecule has 2 aliphatic heterocycles. The molecule has 2 aromatic rings. The molecular weight excluding hydrogens is 460 g/mol. The van der Waals surface area contributed by atoms with Crippen LogP contribution in [-0.4, -0.2) is 117 Å². The molecule has 2 fully saturated rings. The van der Waals surface area contributed by atoms with Crippen LogP contribution in [0.1, 0.15) is 45.2 Å². The van der Waals surface area contributed by atoms with Gasteiger partial charge in [-0.15, -0.1) is 0 Å². The average molecular weight is 497 g/mol. The van der Waals surface area contributed by atoms with Gasteiger partial charge in [0.2, 0.25) is 0 Å². The third kappa shape index (κ3) is 7.79. The van der Waals surface area contributed by atoms with Gasteiger partial charge in [-0.3, -0.25) is 9.80 Å². The number of carbonyl (C=O) groups is 2. The molecule has 194 valence electrons. The SMILES string of the molecule is O=C(O)c1cccc(CN2CCCN3CCN(CCCN(Cc4cccc(C(=O)O)n4)CC3)CC2)n1. The molecule has 2 saturated heterocycles. The van der Waals surface area contributed by atoms with E-state index in [-0.39, 0.29) is 11.4 Å². The van der Waals surface area contributed by atoms with Gasteiger partial charge in [-0.25, -0.2) is 19.6 Å². The van der Waals surface area contributed by atoms with Crippen molar-refractivity contribution in [3.8, 4) is 0 Å². The Morgan fingerprint density at radius 3 is 1.44 bits per heavy atom. The summed E-state index contributed by atoms with van der Waals surface area (Å²) in [6.07, 6.45) is 2.08. The van der Waals surface area contributed by atoms with Gasteiger partial charge in [0, 0.05) is 52.4 Å². The van der Waals surface area contributed by atoms with Gasteiger partial charge in [0.15, 0.2) is 0 Å². The lowest BCUT2D eigenvalue weighted by Crippen LogP contribution is -2.46. The molecule has 36 heavy (non-hydrogen) atoms. The van der Waals surface area contributed by atoms with E-state index in [1.54, 1.807) is 12.1 Å². The molecule has 0 spiro atoms. The summed E-state index contributed by atoms with van der Waals surface area (Å²) >= 11 is 0. The van der Waals surface area contributed by atoms with Crippen LogP contribution in [0.5, 0.6) is 0 Å². The van der Waals surface area contributed by atoms with Crippen LogP contribution in [0.2, 0.25) is 0 Å². The highest BCUT2D eigenvalue weighted by molar-refractivity contribution is 5.85. The maximum absolute atomic E-state index is 11.3. The first-order valence-corrected chi connectivity index (χ1v) is 12.7. The minimum absolute atomic E-state index is 0.0953. The summed E-state index contributed by atoms with van der Waals surface area (Å²) in [7, 11) is 0. The van der Waals surface area contributed by atoms with Gasteiger partial charge in [-0.2, -0.15) is 0 Å². The van der Waals surface area contributed by atoms with Crippen LogP contribution in [0.3, 0.4) is 0 Å². The minimum atomic E-state index is -0.992. The Kier molecular flexibility index (Phi) is 9.35. The number of aromatic nitrogens is 2. The molecule has 0 saturated carbocycles. The number of hydrogen-bond donors (Lipinski definition) is 2. The molecular formula is C26H36N6O4. The number of hydrogen-bond acceptors (Lipinski definition) is 8. The lowest BCUT2D eigenvalue weighted by molar-refractivity contribution is 0.0679. The Morgan fingerprint density at radius 1 is 0.611 bits per heavy atom. The molecule has 10 nitrogen and oxygen atoms in total. The van der Waals surface area contributed by atoms with Crippen LogP contribution < -0.4 is 0 Å². The van der Waals surface area contributed by atoms with Crippen molar-refractivity contribution < 1.29 is 19.8 Å². The summed E-state index contributed by atoms with van der Waals surface area (Å²) in [5.74, 6) is -1.98. The number of carboxylic acids is 2. The zero-order valence-corrected chi connectivity index (χ0v) is 20.8. The Labute approximate surface area is 212 Å². The monoisotopic (exact) mass is 496 g/mol. The van der Waals surface area contributed by atoms with E-state index >= 15 is 0 Å². The maximum Gasteiger partial charge on any atom is 0.354 e. The van der Waals surface area contributed by atoms with Crippen LogP contribution in [0.15, 0.2) is 36.4 Å². The number of pyridine rings is 2. The van der Waals surface area contributed by atoms with Crippen molar-refractivity contribution in [2.45, 2.75) is 25.9 Å². The van der Waals surface area contributed by atoms with Gasteiger partial charge in [0.25, 0.3) is 0 Å². The van der Waals surface area contributed by atoms with Crippen LogP contribution in [0.25, 0.3) is 0 Å². The third-order valence-electron chi connectivity index (χ3n) is 6.92. The molecule has 0 aromatic carbocycles. The molecule has 2 aromatic heterocycles. The highest BCUT2D eigenvalue weighted by Crippen LogP contribution is 2.11. The van der Waals surface area contributed by atoms with E-state index in [0.29, 0.717) is 13.1 Å². The zero-order valence-electron chi connectivity index (χ0n) is 20.8. The molecule has 10 heteroatoms. The van der Waals surface area contributed by atoms with Crippen LogP contribution >= 0.6 is 0 Å². The standard InChI is InChI=1S/C26H36N6O4/c33-25(34)23-7-1-5-21(27-23)19-31-11-3-9-30-14-13-29(15-17-31)10-4-12-32(18-16-30)20-22-6-2-8-24(28-22)26(35)36/h1-2,5-8H,3-4,9-20H2,(H,33,34)(H,35,36). The topological polar surface area (TPSA) is 113 Å². The summed E-state index contributed by atoms with van der Waals surface area (Å²) < 4.78 is 0. The molecule has 0 aliphatic carbocycles. The summed E-state index contributed by atoms with van der Waals surface area (Å²) in [5, 5.41) is 18.5. The molecule has 2 N–H and O–H groups in total. The normalized spacial score (nSPS) is 22.7. The number of nitrogens with zero attached hydrogens (tertiary/aromatic N) is 6. The number of rotatable bonds is 6. The average Bonchev–Trinajstić information content (AvgIpc) is 2.87. The minimum Gasteiger partial charge on any atom is -0.477 e. The second-order valence-corrected chi connectivity index (χ2v) is 9.58. The Bertz CT molecular complexity index is 953. The van der Waals surface area contributed by atoms with Crippen LogP contribution in [0.4, 0.5) is 0 Å². The van der Waals surface area contributed by atoms with Gasteiger partial charge in [0.1, 0.15) is 11.4 Å². The van der Waals surface area contributed by atoms with Gasteiger partial charge in [-0.05, 0) is 63.3 Å². The maximum atomic E-state index is 11.3. The fourth-order valence-corrected chi connectivity index (χ4v) is 4.93. The van der Waals surface area contributed by atoms with Crippen LogP contribution in [0, 0.1) is 0 Å². The summed E-state index contributed by atoms with van der Waals surface area (Å²) in [5.41, 5.74) is 1.79. The Hall–Kier alpha value is -2.92. The van der Waals surface area contributed by atoms with E-state index < -0.39 is 11.9 Å². The van der Waals surface area contributed by atoms with Gasteiger partial charge in [-0.1, -0.05) is 12.1 Å². The predicted molar refractivity (Wildman–Crippen MR) is 135 cm³/mol. The van der Waals surface area contributed by atoms with Gasteiger partial charge in [0.05, 0.1) is 11.4 Å². The van der Waals surface area contributed by atoms with E-state index in [0.717, 1.165) is 89.7 Å². The summed E-state index contributed by atoms with van der Waals surface area (Å²) in [4.78, 5) is 41.1. The zero-order chi connectivity index (χ0) is 25.3. The van der Waals surface area contributed by atoms with Crippen LogP contribution in [-0.2, 0) is 13.1 Å². The Balaban J connectivity index is 1.37. The molecule has 4 heterocycles. The van der Waals surface area contributed by atoms with E-state index in [9.17, 15) is 19.8 Å². The lowest BCUT2D eigenvalue weighted by Gasteiger charge is -2.35. The summed E-state index contributed by atoms with van der Waals surface area (Å²) in [6, 6.07) is 10.4. The molecule has 4 rings (SSSR count). The number of carboxylic acid groups (broad SMARTS) is 2. The van der Waals surface area contributed by atoms with Crippen molar-refractivity contribution >= 4 is 11.9 Å². The first kappa shape index (κ1) is 26.2. The van der Waals surface area contributed by atoms with E-state index in [1.807, 2.05) is 12.1 Å². The largest absolute Gasteiger partial charge is 0.477 e. The molecule has 2 aliphatic rings. The van der Waals surface area contributed by atoms with Gasteiger partial charge < -0.3 is 20.0 Å². The van der Waals surface area contributed by atoms with E-state index in [1.165, 1.54) is 12.1 Å². The Morgan fingerprint density at radius 2 is 1.03 bits per heavy atom. The highest BCUT2D eigenvalue weighted by Gasteiger charge is 2.19. The molecule has 0 amide bonds. The van der Waals surface area contributed by atoms with E-state index in [4.69, 9.17) is 0 Å². The second-order valence-electron chi connectivity index (χ2n) is 9.58. The quantitative estimate of drug-likeness (QED) is 0.611. The number of fused-ring (bicyclic) bond motifs is 3. The number of aromatic carboxylic acids is 2. The molecule has 2 unspecified atom stereocenters. The molecule has 2 atom stereocenters. The second kappa shape index (κ2) is 12.9. The third-order valence-corrected chi connectivity index (χ3v) is 6.92. The lowest BCUT2D eigenvalue weighted by atomic mass is 10.2. The predicted octanol–water partition coefficient (Wildman–Crippen LogP) is 1.59. The van der Waals surface area contributed by atoms with Crippen molar-refractivity contribution in [3.05, 3.63) is 59.2 Å². The first-order chi connectivity index (χ1) is 17.5. The molecule has 2 bridgehead atoms. The van der Waals surface area contributed by atoms with Gasteiger partial charge >= 0.3 is 11.9 Å². The van der Waals surface area contributed by atoms with E-state index in [2.05, 4.69) is 29.6 Å². The fraction of sp³-hybridized carbons (Fsp3) is 0.538. The van der Waals surface area contributed by atoms with Crippen molar-refractivity contribution in [1.82, 2.24) is 29.6 Å². The molecule has 0 radical (unpaired) electrons. The highest BCUT2D eigenvalue weighted by atomic mass is 16.4. The van der Waals surface area contributed by atoms with Crippen molar-refractivity contribution in [3.63, 3.8) is 0 Å². The smallest absolute Gasteiger partial charge is 0.354 e. The fourth-order valence-electron chi connectivity index (χ4n) is 4.93. The first-order valence-electron chi connectivity index (χ1n) is 12.7. The summed E-state index contributed by atoms with van der Waals surface area (Å²) in [6.45, 7) is 11.1.